The van der Waals surface area contributed by atoms with Crippen LogP contribution in [0.5, 0.6) is 0 Å². The van der Waals surface area contributed by atoms with Gasteiger partial charge in [-0.05, 0) is 30.5 Å². The molecular formula is C13H22N2. The summed E-state index contributed by atoms with van der Waals surface area (Å²) in [6.07, 6.45) is 2.12. The number of hydrogen-bond donors (Lipinski definition) is 1. The first-order valence-corrected chi connectivity index (χ1v) is 5.73. The summed E-state index contributed by atoms with van der Waals surface area (Å²) in [7, 11) is 2.09. The molecule has 0 fully saturated rings. The van der Waals surface area contributed by atoms with Crippen LogP contribution in [-0.2, 0) is 6.42 Å². The molecule has 1 aromatic rings. The Morgan fingerprint density at radius 2 is 1.80 bits per heavy atom. The van der Waals surface area contributed by atoms with Crippen molar-refractivity contribution in [2.24, 2.45) is 5.73 Å². The highest BCUT2D eigenvalue weighted by Gasteiger charge is 2.05. The zero-order chi connectivity index (χ0) is 11.3. The molecule has 0 spiro atoms. The minimum Gasteiger partial charge on any atom is -0.373 e. The Morgan fingerprint density at radius 3 is 2.27 bits per heavy atom. The third-order valence-electron chi connectivity index (χ3n) is 2.82. The monoisotopic (exact) mass is 206 g/mol. The van der Waals surface area contributed by atoms with E-state index < -0.39 is 0 Å². The molecule has 0 aliphatic heterocycles. The van der Waals surface area contributed by atoms with Crippen molar-refractivity contribution in [3.63, 3.8) is 0 Å². The summed E-state index contributed by atoms with van der Waals surface area (Å²) < 4.78 is 0. The number of rotatable bonds is 5. The molecule has 0 bridgehead atoms. The van der Waals surface area contributed by atoms with E-state index in [9.17, 15) is 0 Å². The first-order chi connectivity index (χ1) is 7.17. The molecule has 0 aromatic heterocycles. The summed E-state index contributed by atoms with van der Waals surface area (Å²) >= 11 is 0. The largest absolute Gasteiger partial charge is 0.373 e. The van der Waals surface area contributed by atoms with Crippen LogP contribution in [-0.4, -0.2) is 19.6 Å². The van der Waals surface area contributed by atoms with Gasteiger partial charge in [-0.2, -0.15) is 0 Å². The van der Waals surface area contributed by atoms with Crippen molar-refractivity contribution < 1.29 is 0 Å². The van der Waals surface area contributed by atoms with Crippen molar-refractivity contribution in [2.45, 2.75) is 32.7 Å². The fourth-order valence-corrected chi connectivity index (χ4v) is 1.57. The van der Waals surface area contributed by atoms with Gasteiger partial charge in [0.2, 0.25) is 0 Å². The third kappa shape index (κ3) is 3.56. The Labute approximate surface area is 93.1 Å². The second-order valence-corrected chi connectivity index (χ2v) is 4.07. The van der Waals surface area contributed by atoms with Crippen LogP contribution in [0.3, 0.4) is 0 Å². The van der Waals surface area contributed by atoms with Crippen molar-refractivity contribution >= 4 is 5.69 Å². The lowest BCUT2D eigenvalue weighted by atomic mass is 10.1. The van der Waals surface area contributed by atoms with Crippen LogP contribution in [0.15, 0.2) is 24.3 Å². The molecule has 1 unspecified atom stereocenters. The predicted octanol–water partition coefficient (Wildman–Crippen LogP) is 2.42. The van der Waals surface area contributed by atoms with Crippen LogP contribution in [0.25, 0.3) is 0 Å². The molecule has 0 saturated heterocycles. The summed E-state index contributed by atoms with van der Waals surface area (Å²) in [5.74, 6) is 0. The minimum absolute atomic E-state index is 0.265. The summed E-state index contributed by atoms with van der Waals surface area (Å²) in [5, 5.41) is 0. The molecule has 0 aliphatic rings. The maximum absolute atomic E-state index is 5.93. The summed E-state index contributed by atoms with van der Waals surface area (Å²) in [4.78, 5) is 2.22. The normalized spacial score (nSPS) is 12.5. The van der Waals surface area contributed by atoms with Gasteiger partial charge in [-0.15, -0.1) is 0 Å². The number of anilines is 1. The molecule has 0 radical (unpaired) electrons. The van der Waals surface area contributed by atoms with Crippen molar-refractivity contribution in [1.29, 1.82) is 0 Å². The van der Waals surface area contributed by atoms with Gasteiger partial charge < -0.3 is 10.6 Å². The van der Waals surface area contributed by atoms with Crippen LogP contribution in [0.4, 0.5) is 5.69 Å². The molecule has 0 heterocycles. The molecule has 84 valence electrons. The fourth-order valence-electron chi connectivity index (χ4n) is 1.57. The Morgan fingerprint density at radius 1 is 1.20 bits per heavy atom. The van der Waals surface area contributed by atoms with Crippen LogP contribution in [0, 0.1) is 0 Å². The predicted molar refractivity (Wildman–Crippen MR) is 67.4 cm³/mol. The third-order valence-corrected chi connectivity index (χ3v) is 2.82. The average Bonchev–Trinajstić information content (AvgIpc) is 2.29. The molecule has 0 saturated carbocycles. The highest BCUT2D eigenvalue weighted by molar-refractivity contribution is 5.47. The molecular weight excluding hydrogens is 184 g/mol. The van der Waals surface area contributed by atoms with Crippen LogP contribution >= 0.6 is 0 Å². The van der Waals surface area contributed by atoms with Crippen LogP contribution < -0.4 is 10.6 Å². The van der Waals surface area contributed by atoms with Crippen molar-refractivity contribution in [2.75, 3.05) is 18.5 Å². The summed E-state index contributed by atoms with van der Waals surface area (Å²) in [6.45, 7) is 5.21. The maximum Gasteiger partial charge on any atom is 0.0364 e. The highest BCUT2D eigenvalue weighted by atomic mass is 15.1. The van der Waals surface area contributed by atoms with E-state index in [1.165, 1.54) is 11.3 Å². The van der Waals surface area contributed by atoms with Crippen molar-refractivity contribution in [3.8, 4) is 0 Å². The molecule has 2 N–H and O–H groups in total. The quantitative estimate of drug-likeness (QED) is 0.801. The Kier molecular flexibility index (Phi) is 4.63. The Hall–Kier alpha value is -1.02. The lowest BCUT2D eigenvalue weighted by Gasteiger charge is -2.22. The second-order valence-electron chi connectivity index (χ2n) is 4.07. The van der Waals surface area contributed by atoms with Crippen molar-refractivity contribution in [1.82, 2.24) is 0 Å². The number of nitrogens with zero attached hydrogens (tertiary/aromatic N) is 1. The molecule has 0 amide bonds. The van der Waals surface area contributed by atoms with Crippen LogP contribution in [0.1, 0.15) is 25.8 Å². The number of nitrogens with two attached hydrogens (primary N) is 1. The number of aryl methyl sites for hydroxylation is 1. The van der Waals surface area contributed by atoms with Gasteiger partial charge in [-0.1, -0.05) is 26.0 Å². The van der Waals surface area contributed by atoms with E-state index in [0.29, 0.717) is 0 Å². The first kappa shape index (κ1) is 12.1. The highest BCUT2D eigenvalue weighted by Crippen LogP contribution is 2.14. The fraction of sp³-hybridized carbons (Fsp3) is 0.538. The standard InChI is InChI=1S/C13H22N2/c1-4-11-6-8-13(9-7-11)15(3)10-12(14)5-2/h6-9,12H,4-5,10,14H2,1-3H3. The van der Waals surface area contributed by atoms with Gasteiger partial charge in [0, 0.05) is 25.3 Å². The average molecular weight is 206 g/mol. The lowest BCUT2D eigenvalue weighted by Crippen LogP contribution is -2.34. The van der Waals surface area contributed by atoms with Gasteiger partial charge in [0.1, 0.15) is 0 Å². The van der Waals surface area contributed by atoms with Gasteiger partial charge >= 0.3 is 0 Å². The molecule has 1 rings (SSSR count). The first-order valence-electron chi connectivity index (χ1n) is 5.73. The van der Waals surface area contributed by atoms with Crippen molar-refractivity contribution in [3.05, 3.63) is 29.8 Å². The van der Waals surface area contributed by atoms with Crippen LogP contribution in [0.2, 0.25) is 0 Å². The molecule has 2 nitrogen and oxygen atoms in total. The molecule has 1 aromatic carbocycles. The minimum atomic E-state index is 0.265. The molecule has 15 heavy (non-hydrogen) atoms. The molecule has 2 heteroatoms. The molecule has 0 aliphatic carbocycles. The van der Waals surface area contributed by atoms with E-state index in [-0.39, 0.29) is 6.04 Å². The Balaban J connectivity index is 2.61. The summed E-state index contributed by atoms with van der Waals surface area (Å²) in [5.41, 5.74) is 8.55. The smallest absolute Gasteiger partial charge is 0.0364 e. The van der Waals surface area contributed by atoms with E-state index >= 15 is 0 Å². The van der Waals surface area contributed by atoms with E-state index in [1.54, 1.807) is 0 Å². The second kappa shape index (κ2) is 5.76. The zero-order valence-corrected chi connectivity index (χ0v) is 10.0. The van der Waals surface area contributed by atoms with E-state index in [4.69, 9.17) is 5.73 Å². The van der Waals surface area contributed by atoms with E-state index in [1.807, 2.05) is 0 Å². The summed E-state index contributed by atoms with van der Waals surface area (Å²) in [6, 6.07) is 8.97. The van der Waals surface area contributed by atoms with Gasteiger partial charge in [0.05, 0.1) is 0 Å². The maximum atomic E-state index is 5.93. The van der Waals surface area contributed by atoms with Gasteiger partial charge in [0.25, 0.3) is 0 Å². The molecule has 1 atom stereocenters. The van der Waals surface area contributed by atoms with Gasteiger partial charge in [-0.25, -0.2) is 0 Å². The SMILES string of the molecule is CCc1ccc(N(C)CC(N)CC)cc1. The number of likely N-dealkylation sites (N-methyl/N-ethyl adjacent to an activating group) is 1. The topological polar surface area (TPSA) is 29.3 Å². The van der Waals surface area contributed by atoms with Gasteiger partial charge in [-0.3, -0.25) is 0 Å². The Bertz CT molecular complexity index is 279. The van der Waals surface area contributed by atoms with E-state index in [0.717, 1.165) is 19.4 Å². The lowest BCUT2D eigenvalue weighted by molar-refractivity contribution is 0.639. The number of benzene rings is 1. The van der Waals surface area contributed by atoms with Gasteiger partial charge in [0.15, 0.2) is 0 Å². The number of hydrogen-bond acceptors (Lipinski definition) is 2. The zero-order valence-electron chi connectivity index (χ0n) is 10.0. The van der Waals surface area contributed by atoms with E-state index in [2.05, 4.69) is 50.1 Å².